The topological polar surface area (TPSA) is 17.1 Å². The van der Waals surface area contributed by atoms with Crippen LogP contribution in [0.3, 0.4) is 0 Å². The number of carbonyl (C=O) groups is 1. The van der Waals surface area contributed by atoms with E-state index >= 15 is 0 Å². The van der Waals surface area contributed by atoms with Gasteiger partial charge in [-0.15, -0.1) is 0 Å². The Bertz CT molecular complexity index is 328. The first kappa shape index (κ1) is 7.53. The lowest BCUT2D eigenvalue weighted by Crippen LogP contribution is -2.06. The molecule has 0 unspecified atom stereocenters. The lowest BCUT2D eigenvalue weighted by atomic mass is 9.96. The van der Waals surface area contributed by atoms with Gasteiger partial charge in [0.05, 0.1) is 0 Å². The van der Waals surface area contributed by atoms with E-state index in [2.05, 4.69) is 13.0 Å². The van der Waals surface area contributed by atoms with E-state index in [1.54, 1.807) is 0 Å². The van der Waals surface area contributed by atoms with Crippen molar-refractivity contribution in [1.29, 1.82) is 0 Å². The molecule has 0 heterocycles. The highest BCUT2D eigenvalue weighted by Gasteiger charge is 2.32. The van der Waals surface area contributed by atoms with Crippen LogP contribution in [0.2, 0.25) is 0 Å². The zero-order valence-electron chi connectivity index (χ0n) is 7.37. The molecule has 0 bridgehead atoms. The molecule has 2 atom stereocenters. The van der Waals surface area contributed by atoms with Gasteiger partial charge in [-0.1, -0.05) is 38.1 Å². The second kappa shape index (κ2) is 2.44. The molecule has 62 valence electrons. The van der Waals surface area contributed by atoms with E-state index < -0.39 is 0 Å². The predicted molar refractivity (Wildman–Crippen MR) is 48.4 cm³/mol. The Kier molecular flexibility index (Phi) is 1.53. The van der Waals surface area contributed by atoms with Crippen molar-refractivity contribution in [2.24, 2.45) is 5.92 Å². The summed E-state index contributed by atoms with van der Waals surface area (Å²) in [5.74, 6) is 0.870. The highest BCUT2D eigenvalue weighted by molar-refractivity contribution is 6.02. The first-order valence-electron chi connectivity index (χ1n) is 4.35. The van der Waals surface area contributed by atoms with E-state index in [-0.39, 0.29) is 5.92 Å². The first-order valence-corrected chi connectivity index (χ1v) is 4.35. The zero-order valence-corrected chi connectivity index (χ0v) is 7.37. The van der Waals surface area contributed by atoms with Crippen LogP contribution in [0.15, 0.2) is 24.3 Å². The Labute approximate surface area is 72.4 Å². The van der Waals surface area contributed by atoms with Gasteiger partial charge in [0.25, 0.3) is 0 Å². The van der Waals surface area contributed by atoms with Crippen molar-refractivity contribution in [3.8, 4) is 0 Å². The average Bonchev–Trinajstić information content (AvgIpc) is 2.33. The largest absolute Gasteiger partial charge is 0.294 e. The lowest BCUT2D eigenvalue weighted by molar-refractivity contribution is 0.0937. The van der Waals surface area contributed by atoms with Crippen molar-refractivity contribution in [3.63, 3.8) is 0 Å². The van der Waals surface area contributed by atoms with Gasteiger partial charge in [-0.25, -0.2) is 0 Å². The number of hydrogen-bond acceptors (Lipinski definition) is 1. The molecule has 0 saturated heterocycles. The van der Waals surface area contributed by atoms with Crippen LogP contribution < -0.4 is 0 Å². The molecule has 12 heavy (non-hydrogen) atoms. The van der Waals surface area contributed by atoms with Crippen LogP contribution in [0.5, 0.6) is 0 Å². The van der Waals surface area contributed by atoms with E-state index in [4.69, 9.17) is 0 Å². The number of ketones is 1. The second-order valence-electron chi connectivity index (χ2n) is 3.53. The Balaban J connectivity index is 2.59. The minimum absolute atomic E-state index is 0.169. The molecule has 1 nitrogen and oxygen atoms in total. The summed E-state index contributed by atoms with van der Waals surface area (Å²) in [7, 11) is 0. The molecular weight excluding hydrogens is 148 g/mol. The quantitative estimate of drug-likeness (QED) is 0.570. The van der Waals surface area contributed by atoms with E-state index in [1.165, 1.54) is 5.56 Å². The fraction of sp³-hybridized carbons (Fsp3) is 0.364. The van der Waals surface area contributed by atoms with Gasteiger partial charge in [0.1, 0.15) is 0 Å². The van der Waals surface area contributed by atoms with E-state index in [0.29, 0.717) is 11.7 Å². The summed E-state index contributed by atoms with van der Waals surface area (Å²) in [4.78, 5) is 11.6. The Morgan fingerprint density at radius 3 is 2.42 bits per heavy atom. The monoisotopic (exact) mass is 160 g/mol. The van der Waals surface area contributed by atoms with Gasteiger partial charge in [-0.2, -0.15) is 0 Å². The molecule has 1 aliphatic carbocycles. The Morgan fingerprint density at radius 2 is 1.75 bits per heavy atom. The second-order valence-corrected chi connectivity index (χ2v) is 3.53. The van der Waals surface area contributed by atoms with Gasteiger partial charge < -0.3 is 0 Å². The molecule has 0 radical (unpaired) electrons. The van der Waals surface area contributed by atoms with Crippen LogP contribution in [-0.2, 0) is 0 Å². The minimum atomic E-state index is 0.169. The van der Waals surface area contributed by atoms with Gasteiger partial charge in [-0.05, 0) is 11.5 Å². The molecule has 1 aromatic rings. The van der Waals surface area contributed by atoms with Crippen LogP contribution in [0.25, 0.3) is 0 Å². The van der Waals surface area contributed by atoms with Crippen molar-refractivity contribution < 1.29 is 4.79 Å². The summed E-state index contributed by atoms with van der Waals surface area (Å²) in [6.45, 7) is 4.13. The fourth-order valence-corrected chi connectivity index (χ4v) is 1.86. The zero-order chi connectivity index (χ0) is 8.72. The number of fused-ring (bicyclic) bond motifs is 1. The van der Waals surface area contributed by atoms with Crippen molar-refractivity contribution >= 4 is 5.78 Å². The molecule has 0 saturated carbocycles. The predicted octanol–water partition coefficient (Wildman–Crippen LogP) is 2.62. The maximum absolute atomic E-state index is 11.6. The highest BCUT2D eigenvalue weighted by Crippen LogP contribution is 2.36. The minimum Gasteiger partial charge on any atom is -0.294 e. The number of benzene rings is 1. The smallest absolute Gasteiger partial charge is 0.166 e. The third kappa shape index (κ3) is 0.826. The first-order chi connectivity index (χ1) is 5.72. The van der Waals surface area contributed by atoms with Gasteiger partial charge in [-0.3, -0.25) is 4.79 Å². The normalized spacial score (nSPS) is 27.3. The number of rotatable bonds is 0. The van der Waals surface area contributed by atoms with Crippen LogP contribution >= 0.6 is 0 Å². The molecule has 2 rings (SSSR count). The molecule has 0 N–H and O–H groups in total. The summed E-state index contributed by atoms with van der Waals surface area (Å²) in [6, 6.07) is 7.92. The van der Waals surface area contributed by atoms with Crippen molar-refractivity contribution in [1.82, 2.24) is 0 Å². The lowest BCUT2D eigenvalue weighted by Gasteiger charge is -2.06. The van der Waals surface area contributed by atoms with Crippen molar-refractivity contribution in [2.45, 2.75) is 19.8 Å². The van der Waals surface area contributed by atoms with Crippen LogP contribution in [-0.4, -0.2) is 5.78 Å². The molecule has 0 aromatic heterocycles. The third-order valence-electron chi connectivity index (χ3n) is 2.88. The summed E-state index contributed by atoms with van der Waals surface area (Å²) in [6.07, 6.45) is 0. The molecule has 0 aliphatic heterocycles. The van der Waals surface area contributed by atoms with E-state index in [1.807, 2.05) is 25.1 Å². The number of hydrogen-bond donors (Lipinski definition) is 0. The molecule has 0 amide bonds. The maximum atomic E-state index is 11.6. The Hall–Kier alpha value is -1.11. The van der Waals surface area contributed by atoms with Crippen LogP contribution in [0, 0.1) is 5.92 Å². The third-order valence-corrected chi connectivity index (χ3v) is 2.88. The van der Waals surface area contributed by atoms with Crippen molar-refractivity contribution in [2.75, 3.05) is 0 Å². The maximum Gasteiger partial charge on any atom is 0.166 e. The molecule has 0 spiro atoms. The van der Waals surface area contributed by atoms with Gasteiger partial charge in [0, 0.05) is 11.5 Å². The molecule has 0 fully saturated rings. The average molecular weight is 160 g/mol. The highest BCUT2D eigenvalue weighted by atomic mass is 16.1. The van der Waals surface area contributed by atoms with E-state index in [9.17, 15) is 4.79 Å². The summed E-state index contributed by atoms with van der Waals surface area (Å²) in [5, 5.41) is 0. The number of Topliss-reactive ketones (excluding diaryl/α,β-unsaturated/α-hetero) is 1. The molecular formula is C11H12O. The van der Waals surface area contributed by atoms with Gasteiger partial charge in [0.2, 0.25) is 0 Å². The van der Waals surface area contributed by atoms with Gasteiger partial charge in [0.15, 0.2) is 5.78 Å². The fourth-order valence-electron chi connectivity index (χ4n) is 1.86. The molecule has 1 aromatic carbocycles. The molecule has 1 aliphatic rings. The van der Waals surface area contributed by atoms with E-state index in [0.717, 1.165) is 5.56 Å². The standard InChI is InChI=1S/C11H12O/c1-7-8(2)11(12)10-6-4-3-5-9(7)10/h3-8H,1-2H3/t7-,8-/m1/s1. The van der Waals surface area contributed by atoms with Crippen LogP contribution in [0.4, 0.5) is 0 Å². The summed E-state index contributed by atoms with van der Waals surface area (Å²) >= 11 is 0. The van der Waals surface area contributed by atoms with Crippen LogP contribution in [0.1, 0.15) is 35.7 Å². The summed E-state index contributed by atoms with van der Waals surface area (Å²) in [5.41, 5.74) is 2.15. The van der Waals surface area contributed by atoms with Crippen molar-refractivity contribution in [3.05, 3.63) is 35.4 Å². The SMILES string of the molecule is C[C@H]1C(=O)c2ccccc2[C@@H]1C. The van der Waals surface area contributed by atoms with Gasteiger partial charge >= 0.3 is 0 Å². The number of carbonyl (C=O) groups excluding carboxylic acids is 1. The molecule has 1 heteroatoms. The summed E-state index contributed by atoms with van der Waals surface area (Å²) < 4.78 is 0. The Morgan fingerprint density at radius 1 is 1.08 bits per heavy atom.